The second-order valence-electron chi connectivity index (χ2n) is 2.71. The van der Waals surface area contributed by atoms with Crippen LogP contribution in [0.3, 0.4) is 0 Å². The van der Waals surface area contributed by atoms with E-state index in [1.807, 2.05) is 0 Å². The minimum atomic E-state index is -4.29. The Kier molecular flexibility index (Phi) is 1.99. The van der Waals surface area contributed by atoms with Gasteiger partial charge in [-0.25, -0.2) is 0 Å². The normalized spacial score (nSPS) is 30.0. The third-order valence-electron chi connectivity index (χ3n) is 1.65. The van der Waals surface area contributed by atoms with Crippen LogP contribution >= 0.6 is 0 Å². The molecule has 1 rings (SSSR count). The molecule has 0 aliphatic heterocycles. The van der Waals surface area contributed by atoms with Crippen molar-refractivity contribution in [3.63, 3.8) is 0 Å². The lowest BCUT2D eigenvalue weighted by atomic mass is 10.1. The van der Waals surface area contributed by atoms with Crippen LogP contribution < -0.4 is 11.5 Å². The molecule has 0 aromatic carbocycles. The summed E-state index contributed by atoms with van der Waals surface area (Å²) in [6.07, 6.45) is 4.07. The summed E-state index contributed by atoms with van der Waals surface area (Å²) in [6, 6.07) is 0. The molecule has 5 nitrogen and oxygen atoms in total. The van der Waals surface area contributed by atoms with Gasteiger partial charge in [0.15, 0.2) is 4.87 Å². The van der Waals surface area contributed by atoms with Crippen LogP contribution in [0.25, 0.3) is 0 Å². The molecule has 1 aliphatic rings. The van der Waals surface area contributed by atoms with E-state index < -0.39 is 15.0 Å². The molecular weight excluding hydrogens is 180 g/mol. The Morgan fingerprint density at radius 3 is 2.50 bits per heavy atom. The van der Waals surface area contributed by atoms with E-state index >= 15 is 0 Å². The first kappa shape index (κ1) is 9.24. The second kappa shape index (κ2) is 2.58. The summed E-state index contributed by atoms with van der Waals surface area (Å²) in [4.78, 5) is -1.76. The lowest BCUT2D eigenvalue weighted by Crippen LogP contribution is -2.47. The molecule has 0 spiro atoms. The Bertz CT molecular complexity index is 344. The zero-order chi connectivity index (χ0) is 9.41. The summed E-state index contributed by atoms with van der Waals surface area (Å²) in [5.74, 6) is 0. The highest BCUT2D eigenvalue weighted by Crippen LogP contribution is 2.22. The average Bonchev–Trinajstić information content (AvgIpc) is 1.83. The van der Waals surface area contributed by atoms with Gasteiger partial charge in [0.1, 0.15) is 0 Å². The fourth-order valence-corrected chi connectivity index (χ4v) is 1.55. The van der Waals surface area contributed by atoms with Crippen LogP contribution in [0.5, 0.6) is 0 Å². The minimum Gasteiger partial charge on any atom is -0.402 e. The van der Waals surface area contributed by atoms with E-state index in [1.165, 1.54) is 18.2 Å². The number of allylic oxidation sites excluding steroid dienone is 2. The Labute approximate surface area is 70.5 Å². The molecule has 0 radical (unpaired) electrons. The van der Waals surface area contributed by atoms with E-state index in [2.05, 4.69) is 0 Å². The second-order valence-corrected chi connectivity index (χ2v) is 4.42. The maximum atomic E-state index is 10.8. The van der Waals surface area contributed by atoms with Crippen molar-refractivity contribution < 1.29 is 13.0 Å². The molecule has 6 heteroatoms. The van der Waals surface area contributed by atoms with E-state index in [0.717, 1.165) is 0 Å². The predicted octanol–water partition coefficient (Wildman–Crippen LogP) is -0.668. The highest BCUT2D eigenvalue weighted by Gasteiger charge is 2.37. The summed E-state index contributed by atoms with van der Waals surface area (Å²) < 4.78 is 30.2. The summed E-state index contributed by atoms with van der Waals surface area (Å²) in [7, 11) is -4.29. The van der Waals surface area contributed by atoms with Gasteiger partial charge in [-0.15, -0.1) is 0 Å². The van der Waals surface area contributed by atoms with E-state index in [1.54, 1.807) is 0 Å². The van der Waals surface area contributed by atoms with Gasteiger partial charge in [-0.3, -0.25) is 4.55 Å². The van der Waals surface area contributed by atoms with E-state index in [9.17, 15) is 8.42 Å². The van der Waals surface area contributed by atoms with Crippen LogP contribution in [0.15, 0.2) is 23.9 Å². The van der Waals surface area contributed by atoms with Crippen LogP contribution in [0, 0.1) is 0 Å². The number of hydrogen-bond donors (Lipinski definition) is 3. The molecule has 0 fully saturated rings. The fourth-order valence-electron chi connectivity index (χ4n) is 0.949. The smallest absolute Gasteiger partial charge is 0.287 e. The van der Waals surface area contributed by atoms with Crippen molar-refractivity contribution in [2.45, 2.75) is 11.3 Å². The molecule has 0 saturated heterocycles. The summed E-state index contributed by atoms with van der Waals surface area (Å²) in [5.41, 5.74) is 11.1. The molecular formula is C6H10N2O3S. The van der Waals surface area contributed by atoms with E-state index in [4.69, 9.17) is 16.0 Å². The fraction of sp³-hybridized carbons (Fsp3) is 0.333. The average molecular weight is 190 g/mol. The topological polar surface area (TPSA) is 106 Å². The van der Waals surface area contributed by atoms with Gasteiger partial charge in [0.25, 0.3) is 10.1 Å². The number of rotatable bonds is 1. The molecule has 1 unspecified atom stereocenters. The van der Waals surface area contributed by atoms with Gasteiger partial charge in [-0.2, -0.15) is 8.42 Å². The Morgan fingerprint density at radius 1 is 1.58 bits per heavy atom. The van der Waals surface area contributed by atoms with E-state index in [-0.39, 0.29) is 6.42 Å². The highest BCUT2D eigenvalue weighted by atomic mass is 32.2. The molecule has 1 atom stereocenters. The van der Waals surface area contributed by atoms with Crippen molar-refractivity contribution in [1.29, 1.82) is 0 Å². The van der Waals surface area contributed by atoms with Crippen molar-refractivity contribution in [3.8, 4) is 0 Å². The van der Waals surface area contributed by atoms with Crippen LogP contribution in [0.1, 0.15) is 6.42 Å². The highest BCUT2D eigenvalue weighted by molar-refractivity contribution is 7.87. The molecule has 0 bridgehead atoms. The standard InChI is InChI=1S/C6H10N2O3S/c7-5-2-1-3-6(8,4-5)12(9,10)11/h1-3H,4,7-8H2,(H,9,10,11). The van der Waals surface area contributed by atoms with Gasteiger partial charge in [0.2, 0.25) is 0 Å². The molecule has 0 heterocycles. The summed E-state index contributed by atoms with van der Waals surface area (Å²) in [5, 5.41) is 0. The molecule has 0 aromatic heterocycles. The minimum absolute atomic E-state index is 0.0810. The van der Waals surface area contributed by atoms with Crippen LogP contribution in [-0.4, -0.2) is 17.8 Å². The Hall–Kier alpha value is -0.850. The number of hydrogen-bond acceptors (Lipinski definition) is 4. The van der Waals surface area contributed by atoms with Crippen molar-refractivity contribution >= 4 is 10.1 Å². The zero-order valence-electron chi connectivity index (χ0n) is 6.27. The molecule has 1 aliphatic carbocycles. The lowest BCUT2D eigenvalue weighted by Gasteiger charge is -2.24. The first-order valence-electron chi connectivity index (χ1n) is 3.25. The van der Waals surface area contributed by atoms with Crippen LogP contribution in [-0.2, 0) is 10.1 Å². The first-order chi connectivity index (χ1) is 5.35. The molecule has 0 aromatic rings. The SMILES string of the molecule is NC1=CC=CC(N)(S(=O)(=O)O)C1. The van der Waals surface area contributed by atoms with Gasteiger partial charge in [0, 0.05) is 12.1 Å². The lowest BCUT2D eigenvalue weighted by molar-refractivity contribution is 0.445. The quantitative estimate of drug-likeness (QED) is 0.475. The van der Waals surface area contributed by atoms with Crippen molar-refractivity contribution in [1.82, 2.24) is 0 Å². The van der Waals surface area contributed by atoms with Gasteiger partial charge in [-0.05, 0) is 12.2 Å². The first-order valence-corrected chi connectivity index (χ1v) is 4.69. The van der Waals surface area contributed by atoms with Crippen molar-refractivity contribution in [3.05, 3.63) is 23.9 Å². The molecule has 5 N–H and O–H groups in total. The van der Waals surface area contributed by atoms with Gasteiger partial charge < -0.3 is 11.5 Å². The monoisotopic (exact) mass is 190 g/mol. The van der Waals surface area contributed by atoms with Crippen LogP contribution in [0.4, 0.5) is 0 Å². The van der Waals surface area contributed by atoms with Crippen molar-refractivity contribution in [2.75, 3.05) is 0 Å². The van der Waals surface area contributed by atoms with Gasteiger partial charge in [-0.1, -0.05) is 6.08 Å². The largest absolute Gasteiger partial charge is 0.402 e. The van der Waals surface area contributed by atoms with Gasteiger partial charge >= 0.3 is 0 Å². The third kappa shape index (κ3) is 1.50. The summed E-state index contributed by atoms with van der Waals surface area (Å²) in [6.45, 7) is 0. The molecule has 0 amide bonds. The Balaban J connectivity index is 3.07. The van der Waals surface area contributed by atoms with E-state index in [0.29, 0.717) is 5.70 Å². The summed E-state index contributed by atoms with van der Waals surface area (Å²) >= 11 is 0. The third-order valence-corrected chi connectivity index (χ3v) is 2.89. The molecule has 68 valence electrons. The molecule has 0 saturated carbocycles. The predicted molar refractivity (Wildman–Crippen MR) is 44.5 cm³/mol. The Morgan fingerprint density at radius 2 is 2.17 bits per heavy atom. The maximum absolute atomic E-state index is 10.8. The zero-order valence-corrected chi connectivity index (χ0v) is 7.08. The maximum Gasteiger partial charge on any atom is 0.287 e. The van der Waals surface area contributed by atoms with Gasteiger partial charge in [0.05, 0.1) is 0 Å². The van der Waals surface area contributed by atoms with Crippen molar-refractivity contribution in [2.24, 2.45) is 11.5 Å². The number of nitrogens with two attached hydrogens (primary N) is 2. The van der Waals surface area contributed by atoms with Crippen LogP contribution in [0.2, 0.25) is 0 Å². The molecule has 12 heavy (non-hydrogen) atoms.